The van der Waals surface area contributed by atoms with E-state index in [1.165, 1.54) is 23.7 Å². The summed E-state index contributed by atoms with van der Waals surface area (Å²) in [6, 6.07) is 16.4. The fraction of sp³-hybridized carbons (Fsp3) is 0.261. The first-order chi connectivity index (χ1) is 14.6. The molecule has 0 N–H and O–H groups in total. The molecule has 0 amide bonds. The van der Waals surface area contributed by atoms with Crippen LogP contribution in [0.5, 0.6) is 0 Å². The topological polar surface area (TPSA) is 55.3 Å². The van der Waals surface area contributed by atoms with E-state index >= 15 is 0 Å². The van der Waals surface area contributed by atoms with Crippen molar-refractivity contribution < 1.29 is 13.9 Å². The zero-order valence-corrected chi connectivity index (χ0v) is 18.3. The third-order valence-electron chi connectivity index (χ3n) is 5.28. The van der Waals surface area contributed by atoms with Crippen LogP contribution in [-0.4, -0.2) is 51.1 Å². The fourth-order valence-electron chi connectivity index (χ4n) is 3.59. The van der Waals surface area contributed by atoms with Crippen molar-refractivity contribution in [3.05, 3.63) is 72.8 Å². The van der Waals surface area contributed by atoms with Gasteiger partial charge in [0.25, 0.3) is 0 Å². The number of benzene rings is 2. The number of hydrogen-bond donors (Lipinski definition) is 0. The number of hydrogen-bond acceptors (Lipinski definition) is 5. The molecule has 154 valence electrons. The summed E-state index contributed by atoms with van der Waals surface area (Å²) in [5.41, 5.74) is 1.71. The van der Waals surface area contributed by atoms with Gasteiger partial charge in [-0.3, -0.25) is 0 Å². The summed E-state index contributed by atoms with van der Waals surface area (Å²) >= 11 is -0.0132. The average Bonchev–Trinajstić information content (AvgIpc) is 2.80. The zero-order valence-electron chi connectivity index (χ0n) is 16.6. The van der Waals surface area contributed by atoms with Gasteiger partial charge in [0.15, 0.2) is 0 Å². The Morgan fingerprint density at radius 3 is 2.23 bits per heavy atom. The molecule has 1 aromatic heterocycles. The molecule has 1 saturated heterocycles. The van der Waals surface area contributed by atoms with Gasteiger partial charge in [-0.25, -0.2) is 4.39 Å². The first kappa shape index (κ1) is 20.5. The molecule has 7 heteroatoms. The molecule has 0 unspecified atom stereocenters. The molecule has 0 aliphatic carbocycles. The van der Waals surface area contributed by atoms with Crippen molar-refractivity contribution in [2.45, 2.75) is 17.2 Å². The Kier molecular flexibility index (Phi) is 6.11. The van der Waals surface area contributed by atoms with Gasteiger partial charge in [0, 0.05) is 0 Å². The third-order valence-corrected chi connectivity index (χ3v) is 8.38. The molecule has 0 bridgehead atoms. The van der Waals surface area contributed by atoms with E-state index in [2.05, 4.69) is 27.0 Å². The number of carbonyl (C=O) groups excluding carboxylic acids is 1. The summed E-state index contributed by atoms with van der Waals surface area (Å²) in [7, 11) is 1.47. The Bertz CT molecular complexity index is 989. The maximum atomic E-state index is 13.1. The molecule has 4 rings (SSSR count). The zero-order chi connectivity index (χ0) is 21.0. The van der Waals surface area contributed by atoms with Gasteiger partial charge in [0.2, 0.25) is 0 Å². The van der Waals surface area contributed by atoms with Crippen LogP contribution in [0.15, 0.2) is 67.0 Å². The van der Waals surface area contributed by atoms with Crippen molar-refractivity contribution in [3.8, 4) is 11.1 Å². The Morgan fingerprint density at radius 1 is 1.00 bits per heavy atom. The van der Waals surface area contributed by atoms with Crippen LogP contribution in [0.25, 0.3) is 11.1 Å². The van der Waals surface area contributed by atoms with Crippen LogP contribution in [0.3, 0.4) is 0 Å². The number of ether oxygens (including phenoxy) is 1. The Labute approximate surface area is 181 Å². The second-order valence-corrected chi connectivity index (χ2v) is 10.2. The van der Waals surface area contributed by atoms with Crippen molar-refractivity contribution in [2.75, 3.05) is 25.1 Å². The molecule has 3 aromatic rings. The molecular weight excluding hydrogens is 448 g/mol. The van der Waals surface area contributed by atoms with E-state index in [4.69, 9.17) is 4.74 Å². The minimum absolute atomic E-state index is 0.0132. The number of halogens is 1. The molecule has 1 aliphatic heterocycles. The van der Waals surface area contributed by atoms with Crippen molar-refractivity contribution >= 4 is 31.3 Å². The van der Waals surface area contributed by atoms with Crippen LogP contribution in [-0.2, 0) is 9.53 Å². The van der Waals surface area contributed by atoms with Gasteiger partial charge in [-0.15, -0.1) is 0 Å². The van der Waals surface area contributed by atoms with Gasteiger partial charge in [-0.1, -0.05) is 0 Å². The van der Waals surface area contributed by atoms with Gasteiger partial charge in [0.05, 0.1) is 0 Å². The Balaban J connectivity index is 1.47. The van der Waals surface area contributed by atoms with Crippen molar-refractivity contribution in [2.24, 2.45) is 0 Å². The fourth-order valence-corrected chi connectivity index (χ4v) is 6.31. The van der Waals surface area contributed by atoms with E-state index in [0.717, 1.165) is 11.1 Å². The van der Waals surface area contributed by atoms with E-state index in [1.54, 1.807) is 24.5 Å². The van der Waals surface area contributed by atoms with Gasteiger partial charge in [-0.2, -0.15) is 0 Å². The van der Waals surface area contributed by atoms with Crippen LogP contribution in [0.4, 0.5) is 10.3 Å². The summed E-state index contributed by atoms with van der Waals surface area (Å²) in [6.45, 7) is 1.39. The summed E-state index contributed by atoms with van der Waals surface area (Å²) in [5, 5.41) is 0. The summed E-state index contributed by atoms with van der Waals surface area (Å²) in [5.74, 6) is 0.251. The molecular formula is C23H22FN3O2Se. The molecule has 0 radical (unpaired) electrons. The van der Waals surface area contributed by atoms with Crippen molar-refractivity contribution in [3.63, 3.8) is 0 Å². The van der Waals surface area contributed by atoms with E-state index in [-0.39, 0.29) is 26.7 Å². The van der Waals surface area contributed by atoms with Crippen LogP contribution in [0.1, 0.15) is 12.8 Å². The first-order valence-electron chi connectivity index (χ1n) is 9.75. The molecule has 5 nitrogen and oxygen atoms in total. The Morgan fingerprint density at radius 2 is 1.63 bits per heavy atom. The number of esters is 1. The number of rotatable bonds is 5. The molecule has 1 aliphatic rings. The summed E-state index contributed by atoms with van der Waals surface area (Å²) < 4.78 is 19.0. The quantitative estimate of drug-likeness (QED) is 0.424. The number of carbonyl (C=O) groups is 1. The number of aromatic nitrogens is 2. The van der Waals surface area contributed by atoms with E-state index in [0.29, 0.717) is 31.9 Å². The second kappa shape index (κ2) is 8.94. The van der Waals surface area contributed by atoms with Crippen LogP contribution in [0.2, 0.25) is 4.31 Å². The number of methoxy groups -OCH3 is 1. The SMILES string of the molecule is COC(=O)C1([Se]c2ccccc2)CCN(c2ncc(-c3ccc(F)cc3)cn2)CC1. The molecule has 1 fully saturated rings. The molecule has 0 atom stereocenters. The monoisotopic (exact) mass is 471 g/mol. The number of anilines is 1. The minimum atomic E-state index is -0.465. The van der Waals surface area contributed by atoms with E-state index < -0.39 is 4.31 Å². The Hall–Kier alpha value is -2.76. The molecule has 2 heterocycles. The van der Waals surface area contributed by atoms with E-state index in [9.17, 15) is 9.18 Å². The molecule has 0 spiro atoms. The number of piperidine rings is 1. The molecule has 0 saturated carbocycles. The molecule has 2 aromatic carbocycles. The first-order valence-corrected chi connectivity index (χ1v) is 11.5. The van der Waals surface area contributed by atoms with Crippen LogP contribution >= 0.6 is 0 Å². The van der Waals surface area contributed by atoms with Gasteiger partial charge < -0.3 is 0 Å². The normalized spacial score (nSPS) is 15.6. The predicted molar refractivity (Wildman–Crippen MR) is 115 cm³/mol. The van der Waals surface area contributed by atoms with Gasteiger partial charge in [0.1, 0.15) is 0 Å². The van der Waals surface area contributed by atoms with Crippen LogP contribution in [0, 0.1) is 5.82 Å². The van der Waals surface area contributed by atoms with E-state index in [1.807, 2.05) is 18.2 Å². The maximum absolute atomic E-state index is 13.1. The predicted octanol–water partition coefficient (Wildman–Crippen LogP) is 3.24. The standard InChI is InChI=1S/C23H22FN3O2Se/c1-29-21(28)23(30-20-5-3-2-4-6-20)11-13-27(14-12-23)22-25-15-18(16-26-22)17-7-9-19(24)10-8-17/h2-10,15-16H,11-14H2,1H3. The second-order valence-electron chi connectivity index (χ2n) is 7.17. The van der Waals surface area contributed by atoms with Crippen molar-refractivity contribution in [1.82, 2.24) is 9.97 Å². The van der Waals surface area contributed by atoms with Crippen LogP contribution < -0.4 is 9.36 Å². The van der Waals surface area contributed by atoms with Crippen molar-refractivity contribution in [1.29, 1.82) is 0 Å². The summed E-state index contributed by atoms with van der Waals surface area (Å²) in [4.78, 5) is 23.8. The van der Waals surface area contributed by atoms with Gasteiger partial charge in [-0.05, 0) is 0 Å². The average molecular weight is 470 g/mol. The summed E-state index contributed by atoms with van der Waals surface area (Å²) in [6.07, 6.45) is 4.92. The third kappa shape index (κ3) is 4.37. The van der Waals surface area contributed by atoms with Gasteiger partial charge >= 0.3 is 177 Å². The number of nitrogens with zero attached hydrogens (tertiary/aromatic N) is 3. The molecule has 30 heavy (non-hydrogen) atoms.